The second kappa shape index (κ2) is 5.47. The van der Waals surface area contributed by atoms with Crippen molar-refractivity contribution in [3.05, 3.63) is 29.3 Å². The van der Waals surface area contributed by atoms with Crippen molar-refractivity contribution in [2.45, 2.75) is 24.8 Å². The van der Waals surface area contributed by atoms with Crippen LogP contribution >= 0.6 is 0 Å². The van der Waals surface area contributed by atoms with E-state index in [1.54, 1.807) is 13.0 Å². The van der Waals surface area contributed by atoms with Crippen molar-refractivity contribution >= 4 is 15.9 Å². The van der Waals surface area contributed by atoms with Crippen molar-refractivity contribution < 1.29 is 18.3 Å². The molecule has 1 aromatic carbocycles. The molecule has 0 aliphatic heterocycles. The van der Waals surface area contributed by atoms with Crippen LogP contribution in [0.1, 0.15) is 11.1 Å². The third-order valence-corrected chi connectivity index (χ3v) is 4.01. The van der Waals surface area contributed by atoms with E-state index in [0.717, 1.165) is 11.1 Å². The number of carbonyl (C=O) groups is 1. The molecule has 1 amide bonds. The Bertz CT molecular complexity index is 554. The van der Waals surface area contributed by atoms with Gasteiger partial charge in [0.2, 0.25) is 15.9 Å². The van der Waals surface area contributed by atoms with E-state index in [2.05, 4.69) is 4.72 Å². The second-order valence-electron chi connectivity index (χ2n) is 4.02. The first-order chi connectivity index (χ1) is 8.24. The lowest BCUT2D eigenvalue weighted by Gasteiger charge is -2.10. The molecule has 7 heteroatoms. The normalized spacial score (nSPS) is 13.3. The largest absolute Gasteiger partial charge is 0.382 e. The lowest BCUT2D eigenvalue weighted by atomic mass is 10.1. The number of aliphatic hydroxyl groups is 1. The number of amides is 1. The zero-order valence-corrected chi connectivity index (χ0v) is 11.0. The van der Waals surface area contributed by atoms with Crippen LogP contribution < -0.4 is 10.5 Å². The average Bonchev–Trinajstić information content (AvgIpc) is 2.29. The summed E-state index contributed by atoms with van der Waals surface area (Å²) in [5, 5.41) is 9.13. The fourth-order valence-corrected chi connectivity index (χ4v) is 2.38. The van der Waals surface area contributed by atoms with Crippen LogP contribution in [0.2, 0.25) is 0 Å². The van der Waals surface area contributed by atoms with Gasteiger partial charge in [-0.25, -0.2) is 13.1 Å². The topological polar surface area (TPSA) is 109 Å². The maximum atomic E-state index is 11.8. The molecule has 0 bridgehead atoms. The summed E-state index contributed by atoms with van der Waals surface area (Å²) in [5.41, 5.74) is 6.64. The molecule has 0 saturated carbocycles. The predicted octanol–water partition coefficient (Wildman–Crippen LogP) is -0.572. The number of hydrogen-bond donors (Lipinski definition) is 3. The number of benzene rings is 1. The van der Waals surface area contributed by atoms with Gasteiger partial charge >= 0.3 is 0 Å². The minimum atomic E-state index is -3.75. The summed E-state index contributed by atoms with van der Waals surface area (Å²) in [7, 11) is -3.75. The molecule has 1 rings (SSSR count). The maximum absolute atomic E-state index is 11.8. The summed E-state index contributed by atoms with van der Waals surface area (Å²) in [5.74, 6) is -0.974. The lowest BCUT2D eigenvalue weighted by molar-refractivity contribution is -0.125. The molecule has 0 saturated heterocycles. The third-order valence-electron chi connectivity index (χ3n) is 2.58. The molecule has 4 N–H and O–H groups in total. The van der Waals surface area contributed by atoms with Gasteiger partial charge in [0, 0.05) is 6.54 Å². The summed E-state index contributed by atoms with van der Waals surface area (Å²) in [6.45, 7) is 3.23. The van der Waals surface area contributed by atoms with Gasteiger partial charge in [-0.05, 0) is 37.1 Å². The highest BCUT2D eigenvalue weighted by atomic mass is 32.2. The number of nitrogens with two attached hydrogens (primary N) is 1. The van der Waals surface area contributed by atoms with Crippen LogP contribution in [-0.4, -0.2) is 32.1 Å². The summed E-state index contributed by atoms with van der Waals surface area (Å²) >= 11 is 0. The van der Waals surface area contributed by atoms with E-state index in [0.29, 0.717) is 0 Å². The molecule has 0 spiro atoms. The van der Waals surface area contributed by atoms with Crippen LogP contribution in [0.5, 0.6) is 0 Å². The van der Waals surface area contributed by atoms with E-state index < -0.39 is 28.6 Å². The van der Waals surface area contributed by atoms with Gasteiger partial charge in [-0.1, -0.05) is 6.07 Å². The van der Waals surface area contributed by atoms with E-state index in [1.165, 1.54) is 12.1 Å². The van der Waals surface area contributed by atoms with Gasteiger partial charge in [-0.3, -0.25) is 4.79 Å². The Kier molecular flexibility index (Phi) is 4.44. The van der Waals surface area contributed by atoms with Crippen molar-refractivity contribution in [1.29, 1.82) is 0 Å². The Hall–Kier alpha value is -1.44. The Morgan fingerprint density at radius 1 is 1.39 bits per heavy atom. The van der Waals surface area contributed by atoms with Gasteiger partial charge in [-0.2, -0.15) is 0 Å². The molecule has 0 aromatic heterocycles. The standard InChI is InChI=1S/C11H16N2O4S/c1-7-3-4-9(5-8(7)2)18(16,17)13-6-10(14)11(12)15/h3-5,10,13-14H,6H2,1-2H3,(H2,12,15). The number of rotatable bonds is 5. The van der Waals surface area contributed by atoms with Gasteiger partial charge in [0.05, 0.1) is 4.90 Å². The molecule has 6 nitrogen and oxygen atoms in total. The Labute approximate surface area is 106 Å². The molecule has 1 unspecified atom stereocenters. The monoisotopic (exact) mass is 272 g/mol. The number of aliphatic hydroxyl groups excluding tert-OH is 1. The molecule has 1 atom stereocenters. The molecule has 18 heavy (non-hydrogen) atoms. The second-order valence-corrected chi connectivity index (χ2v) is 5.78. The Balaban J connectivity index is 2.87. The molecule has 0 radical (unpaired) electrons. The van der Waals surface area contributed by atoms with Crippen molar-refractivity contribution in [1.82, 2.24) is 4.72 Å². The van der Waals surface area contributed by atoms with Crippen LogP contribution in [0, 0.1) is 13.8 Å². The van der Waals surface area contributed by atoms with E-state index in [4.69, 9.17) is 10.8 Å². The molecule has 1 aromatic rings. The highest BCUT2D eigenvalue weighted by molar-refractivity contribution is 7.89. The molecule has 0 heterocycles. The van der Waals surface area contributed by atoms with Crippen molar-refractivity contribution in [2.75, 3.05) is 6.54 Å². The molecular formula is C11H16N2O4S. The summed E-state index contributed by atoms with van der Waals surface area (Å²) in [6, 6.07) is 4.67. The maximum Gasteiger partial charge on any atom is 0.247 e. The van der Waals surface area contributed by atoms with Gasteiger partial charge in [0.25, 0.3) is 0 Å². The third kappa shape index (κ3) is 3.52. The number of aryl methyl sites for hydroxylation is 2. The molecule has 0 aliphatic carbocycles. The SMILES string of the molecule is Cc1ccc(S(=O)(=O)NCC(O)C(N)=O)cc1C. The lowest BCUT2D eigenvalue weighted by Crippen LogP contribution is -2.39. The van der Waals surface area contributed by atoms with E-state index >= 15 is 0 Å². The number of nitrogens with one attached hydrogen (secondary N) is 1. The molecule has 0 fully saturated rings. The highest BCUT2D eigenvalue weighted by Gasteiger charge is 2.18. The first-order valence-electron chi connectivity index (χ1n) is 5.28. The zero-order valence-electron chi connectivity index (χ0n) is 10.2. The number of sulfonamides is 1. The zero-order chi connectivity index (χ0) is 13.9. The van der Waals surface area contributed by atoms with E-state index in [-0.39, 0.29) is 4.90 Å². The fraction of sp³-hybridized carbons (Fsp3) is 0.364. The van der Waals surface area contributed by atoms with E-state index in [1.807, 2.05) is 6.92 Å². The Morgan fingerprint density at radius 2 is 2.00 bits per heavy atom. The van der Waals surface area contributed by atoms with Gasteiger partial charge in [0.1, 0.15) is 6.10 Å². The smallest absolute Gasteiger partial charge is 0.247 e. The quantitative estimate of drug-likeness (QED) is 0.666. The number of hydrogen-bond acceptors (Lipinski definition) is 4. The van der Waals surface area contributed by atoms with Gasteiger partial charge < -0.3 is 10.8 Å². The summed E-state index contributed by atoms with van der Waals surface area (Å²) < 4.78 is 25.8. The molecule has 100 valence electrons. The van der Waals surface area contributed by atoms with E-state index in [9.17, 15) is 13.2 Å². The van der Waals surface area contributed by atoms with Crippen LogP contribution in [0.25, 0.3) is 0 Å². The molecule has 0 aliphatic rings. The minimum Gasteiger partial charge on any atom is -0.382 e. The number of primary amides is 1. The van der Waals surface area contributed by atoms with Crippen LogP contribution in [0.3, 0.4) is 0 Å². The summed E-state index contributed by atoms with van der Waals surface area (Å²) in [6.07, 6.45) is -1.54. The molecular weight excluding hydrogens is 256 g/mol. The summed E-state index contributed by atoms with van der Waals surface area (Å²) in [4.78, 5) is 10.7. The van der Waals surface area contributed by atoms with Crippen LogP contribution in [-0.2, 0) is 14.8 Å². The number of carbonyl (C=O) groups excluding carboxylic acids is 1. The highest BCUT2D eigenvalue weighted by Crippen LogP contribution is 2.14. The van der Waals surface area contributed by atoms with Crippen LogP contribution in [0.15, 0.2) is 23.1 Å². The fourth-order valence-electron chi connectivity index (χ4n) is 1.25. The minimum absolute atomic E-state index is 0.0854. The average molecular weight is 272 g/mol. The Morgan fingerprint density at radius 3 is 2.50 bits per heavy atom. The van der Waals surface area contributed by atoms with Gasteiger partial charge in [0.15, 0.2) is 0 Å². The first kappa shape index (κ1) is 14.6. The van der Waals surface area contributed by atoms with Crippen molar-refractivity contribution in [3.8, 4) is 0 Å². The van der Waals surface area contributed by atoms with Crippen molar-refractivity contribution in [3.63, 3.8) is 0 Å². The van der Waals surface area contributed by atoms with Crippen molar-refractivity contribution in [2.24, 2.45) is 5.73 Å². The van der Waals surface area contributed by atoms with Gasteiger partial charge in [-0.15, -0.1) is 0 Å². The van der Waals surface area contributed by atoms with Crippen LogP contribution in [0.4, 0.5) is 0 Å². The predicted molar refractivity (Wildman–Crippen MR) is 66.3 cm³/mol. The first-order valence-corrected chi connectivity index (χ1v) is 6.76.